The van der Waals surface area contributed by atoms with E-state index in [1.165, 1.54) is 12.1 Å². The average molecular weight is 380 g/mol. The van der Waals surface area contributed by atoms with E-state index in [1.807, 2.05) is 11.0 Å². The third kappa shape index (κ3) is 3.83. The summed E-state index contributed by atoms with van der Waals surface area (Å²) in [6.45, 7) is 8.96. The SMILES string of the molecule is C=C1C(=O)N(C)c2cnc(Nc3ccc(C(=O)O)cc3)cc2N1CCC(C)C. The Kier molecular flexibility index (Phi) is 5.35. The maximum Gasteiger partial charge on any atom is 0.335 e. The van der Waals surface area contributed by atoms with Gasteiger partial charge in [-0.1, -0.05) is 20.4 Å². The van der Waals surface area contributed by atoms with Crippen molar-refractivity contribution in [3.63, 3.8) is 0 Å². The molecule has 0 radical (unpaired) electrons. The van der Waals surface area contributed by atoms with Gasteiger partial charge in [0.15, 0.2) is 0 Å². The second kappa shape index (κ2) is 7.72. The topological polar surface area (TPSA) is 85.8 Å². The number of nitrogens with one attached hydrogen (secondary N) is 1. The summed E-state index contributed by atoms with van der Waals surface area (Å²) in [6, 6.07) is 8.33. The molecule has 2 aromatic rings. The minimum Gasteiger partial charge on any atom is -0.478 e. The van der Waals surface area contributed by atoms with Gasteiger partial charge in [-0.25, -0.2) is 9.78 Å². The van der Waals surface area contributed by atoms with E-state index in [1.54, 1.807) is 30.3 Å². The van der Waals surface area contributed by atoms with E-state index >= 15 is 0 Å². The first-order valence-corrected chi connectivity index (χ1v) is 9.13. The molecule has 7 heteroatoms. The van der Waals surface area contributed by atoms with E-state index in [2.05, 4.69) is 30.7 Å². The molecule has 146 valence electrons. The number of aromatic nitrogens is 1. The summed E-state index contributed by atoms with van der Waals surface area (Å²) in [5.41, 5.74) is 2.99. The lowest BCUT2D eigenvalue weighted by Gasteiger charge is -2.37. The van der Waals surface area contributed by atoms with Crippen LogP contribution in [0.1, 0.15) is 30.6 Å². The first kappa shape index (κ1) is 19.4. The molecule has 1 aromatic carbocycles. The van der Waals surface area contributed by atoms with Crippen molar-refractivity contribution in [2.45, 2.75) is 20.3 Å². The summed E-state index contributed by atoms with van der Waals surface area (Å²) in [4.78, 5) is 31.4. The molecule has 0 spiro atoms. The molecule has 0 aliphatic carbocycles. The van der Waals surface area contributed by atoms with Gasteiger partial charge in [-0.05, 0) is 36.6 Å². The summed E-state index contributed by atoms with van der Waals surface area (Å²) in [6.07, 6.45) is 2.59. The predicted octanol–water partition coefficient (Wildman–Crippen LogP) is 3.87. The van der Waals surface area contributed by atoms with Gasteiger partial charge in [0, 0.05) is 25.3 Å². The standard InChI is InChI=1S/C21H24N4O3/c1-13(2)9-10-25-14(3)20(26)24(4)18-12-22-19(11-17(18)25)23-16-7-5-15(6-8-16)21(27)28/h5-8,11-13H,3,9-10H2,1-2,4H3,(H,22,23)(H,27,28). The summed E-state index contributed by atoms with van der Waals surface area (Å²) in [7, 11) is 1.71. The highest BCUT2D eigenvalue weighted by atomic mass is 16.4. The van der Waals surface area contributed by atoms with Gasteiger partial charge < -0.3 is 20.2 Å². The van der Waals surface area contributed by atoms with Crippen LogP contribution in [0.5, 0.6) is 0 Å². The number of pyridine rings is 1. The van der Waals surface area contributed by atoms with Crippen molar-refractivity contribution in [3.8, 4) is 0 Å². The zero-order valence-corrected chi connectivity index (χ0v) is 16.3. The van der Waals surface area contributed by atoms with Crippen molar-refractivity contribution in [1.82, 2.24) is 4.98 Å². The van der Waals surface area contributed by atoms with Crippen molar-refractivity contribution in [1.29, 1.82) is 0 Å². The minimum absolute atomic E-state index is 0.136. The van der Waals surface area contributed by atoms with Crippen molar-refractivity contribution in [2.24, 2.45) is 5.92 Å². The predicted molar refractivity (Wildman–Crippen MR) is 110 cm³/mol. The molecule has 1 aromatic heterocycles. The number of carboxylic acid groups (broad SMARTS) is 1. The number of hydrogen-bond donors (Lipinski definition) is 2. The third-order valence-electron chi connectivity index (χ3n) is 4.73. The van der Waals surface area contributed by atoms with E-state index in [9.17, 15) is 9.59 Å². The first-order valence-electron chi connectivity index (χ1n) is 9.13. The Morgan fingerprint density at radius 3 is 2.54 bits per heavy atom. The zero-order chi connectivity index (χ0) is 20.4. The number of carbonyl (C=O) groups excluding carboxylic acids is 1. The first-order chi connectivity index (χ1) is 13.3. The van der Waals surface area contributed by atoms with Gasteiger partial charge in [-0.15, -0.1) is 0 Å². The Hall–Kier alpha value is -3.35. The van der Waals surface area contributed by atoms with Crippen LogP contribution in [0.3, 0.4) is 0 Å². The Bertz CT molecular complexity index is 922. The highest BCUT2D eigenvalue weighted by molar-refractivity contribution is 6.12. The molecule has 0 unspecified atom stereocenters. The largest absolute Gasteiger partial charge is 0.478 e. The van der Waals surface area contributed by atoms with Crippen LogP contribution in [-0.2, 0) is 4.79 Å². The van der Waals surface area contributed by atoms with E-state index < -0.39 is 5.97 Å². The Morgan fingerprint density at radius 1 is 1.25 bits per heavy atom. The molecule has 0 atom stereocenters. The number of anilines is 4. The number of carboxylic acids is 1. The lowest BCUT2D eigenvalue weighted by atomic mass is 10.1. The Balaban J connectivity index is 1.91. The molecule has 1 aliphatic heterocycles. The number of amides is 1. The van der Waals surface area contributed by atoms with Gasteiger partial charge in [-0.2, -0.15) is 0 Å². The molecule has 7 nitrogen and oxygen atoms in total. The van der Waals surface area contributed by atoms with Crippen LogP contribution in [0.15, 0.2) is 48.8 Å². The highest BCUT2D eigenvalue weighted by Gasteiger charge is 2.31. The number of likely N-dealkylation sites (N-methyl/N-ethyl adjacent to an activating group) is 1. The highest BCUT2D eigenvalue weighted by Crippen LogP contribution is 2.38. The Labute approximate surface area is 164 Å². The second-order valence-corrected chi connectivity index (χ2v) is 7.21. The summed E-state index contributed by atoms with van der Waals surface area (Å²) >= 11 is 0. The number of aromatic carboxylic acids is 1. The minimum atomic E-state index is -0.967. The van der Waals surface area contributed by atoms with Crippen LogP contribution >= 0.6 is 0 Å². The van der Waals surface area contributed by atoms with Crippen LogP contribution in [0.2, 0.25) is 0 Å². The lowest BCUT2D eigenvalue weighted by Crippen LogP contribution is -2.42. The van der Waals surface area contributed by atoms with Gasteiger partial charge in [-0.3, -0.25) is 4.79 Å². The van der Waals surface area contributed by atoms with Gasteiger partial charge >= 0.3 is 5.97 Å². The molecule has 0 fully saturated rings. The van der Waals surface area contributed by atoms with Crippen LogP contribution in [0, 0.1) is 5.92 Å². The van der Waals surface area contributed by atoms with Crippen molar-refractivity contribution in [3.05, 3.63) is 54.4 Å². The molecule has 0 saturated carbocycles. The molecule has 28 heavy (non-hydrogen) atoms. The van der Waals surface area contributed by atoms with Crippen LogP contribution < -0.4 is 15.1 Å². The summed E-state index contributed by atoms with van der Waals surface area (Å²) < 4.78 is 0. The van der Waals surface area contributed by atoms with Crippen LogP contribution in [-0.4, -0.2) is 35.6 Å². The molecular formula is C21H24N4O3. The molecule has 2 N–H and O–H groups in total. The monoisotopic (exact) mass is 380 g/mol. The van der Waals surface area contributed by atoms with Gasteiger partial charge in [0.25, 0.3) is 5.91 Å². The lowest BCUT2D eigenvalue weighted by molar-refractivity contribution is -0.115. The molecule has 1 amide bonds. The number of fused-ring (bicyclic) bond motifs is 1. The number of hydrogen-bond acceptors (Lipinski definition) is 5. The molecule has 0 saturated heterocycles. The molecule has 3 rings (SSSR count). The fourth-order valence-corrected chi connectivity index (χ4v) is 3.03. The fourth-order valence-electron chi connectivity index (χ4n) is 3.03. The van der Waals surface area contributed by atoms with E-state index in [0.717, 1.165) is 23.5 Å². The van der Waals surface area contributed by atoms with Crippen molar-refractivity contribution >= 4 is 34.8 Å². The third-order valence-corrected chi connectivity index (χ3v) is 4.73. The van der Waals surface area contributed by atoms with Gasteiger partial charge in [0.1, 0.15) is 11.5 Å². The van der Waals surface area contributed by atoms with E-state index in [4.69, 9.17) is 5.11 Å². The summed E-state index contributed by atoms with van der Waals surface area (Å²) in [5, 5.41) is 12.2. The van der Waals surface area contributed by atoms with Gasteiger partial charge in [0.05, 0.1) is 23.1 Å². The molecule has 0 bridgehead atoms. The van der Waals surface area contributed by atoms with Gasteiger partial charge in [0.2, 0.25) is 0 Å². The Morgan fingerprint density at radius 2 is 1.93 bits per heavy atom. The molecule has 2 heterocycles. The van der Waals surface area contributed by atoms with Crippen LogP contribution in [0.4, 0.5) is 22.9 Å². The molecule has 1 aliphatic rings. The van der Waals surface area contributed by atoms with Crippen molar-refractivity contribution < 1.29 is 14.7 Å². The van der Waals surface area contributed by atoms with Crippen LogP contribution in [0.25, 0.3) is 0 Å². The number of benzene rings is 1. The number of rotatable bonds is 6. The number of nitrogens with zero attached hydrogens (tertiary/aromatic N) is 3. The maximum absolute atomic E-state index is 12.5. The fraction of sp³-hybridized carbons (Fsp3) is 0.286. The molecular weight excluding hydrogens is 356 g/mol. The van der Waals surface area contributed by atoms with E-state index in [0.29, 0.717) is 24.0 Å². The normalized spacial score (nSPS) is 13.7. The van der Waals surface area contributed by atoms with E-state index in [-0.39, 0.29) is 11.5 Å². The smallest absolute Gasteiger partial charge is 0.335 e. The zero-order valence-electron chi connectivity index (χ0n) is 16.3. The second-order valence-electron chi connectivity index (χ2n) is 7.21. The number of carbonyl (C=O) groups is 2. The van der Waals surface area contributed by atoms with Crippen molar-refractivity contribution in [2.75, 3.05) is 28.7 Å². The average Bonchev–Trinajstić information content (AvgIpc) is 2.66. The maximum atomic E-state index is 12.5. The summed E-state index contributed by atoms with van der Waals surface area (Å²) in [5.74, 6) is -0.00129. The quantitative estimate of drug-likeness (QED) is 0.740.